The van der Waals surface area contributed by atoms with Crippen molar-refractivity contribution in [1.29, 1.82) is 0 Å². The number of fused-ring (bicyclic) bond motifs is 1. The highest BCUT2D eigenvalue weighted by atomic mass is 16.6. The highest BCUT2D eigenvalue weighted by Crippen LogP contribution is 2.35. The number of para-hydroxylation sites is 1. The Morgan fingerprint density at radius 2 is 1.81 bits per heavy atom. The summed E-state index contributed by atoms with van der Waals surface area (Å²) in [6.45, 7) is 9.28. The van der Waals surface area contributed by atoms with E-state index < -0.39 is 5.60 Å². The number of nitrogens with one attached hydrogen (secondary N) is 1. The van der Waals surface area contributed by atoms with Crippen LogP contribution in [0.3, 0.4) is 0 Å². The molecule has 1 aliphatic heterocycles. The van der Waals surface area contributed by atoms with Crippen molar-refractivity contribution in [2.75, 3.05) is 19.6 Å². The summed E-state index contributed by atoms with van der Waals surface area (Å²) in [7, 11) is 0. The van der Waals surface area contributed by atoms with Crippen LogP contribution in [0.1, 0.15) is 77.2 Å². The van der Waals surface area contributed by atoms with Crippen LogP contribution in [0.15, 0.2) is 34.9 Å². The predicted molar refractivity (Wildman–Crippen MR) is 124 cm³/mol. The van der Waals surface area contributed by atoms with E-state index in [1.165, 1.54) is 62.7 Å². The van der Waals surface area contributed by atoms with E-state index in [-0.39, 0.29) is 12.1 Å². The van der Waals surface area contributed by atoms with Gasteiger partial charge in [0.25, 0.3) is 0 Å². The van der Waals surface area contributed by atoms with Gasteiger partial charge in [-0.3, -0.25) is 0 Å². The first-order chi connectivity index (χ1) is 14.9. The molecule has 5 heteroatoms. The summed E-state index contributed by atoms with van der Waals surface area (Å²) in [6.07, 6.45) is 9.97. The van der Waals surface area contributed by atoms with Gasteiger partial charge in [0.1, 0.15) is 11.2 Å². The van der Waals surface area contributed by atoms with Crippen LogP contribution in [0.25, 0.3) is 11.0 Å². The molecule has 1 aromatic carbocycles. The number of hydrogen-bond acceptors (Lipinski definition) is 4. The molecule has 1 aromatic heterocycles. The van der Waals surface area contributed by atoms with E-state index in [1.807, 2.05) is 33.1 Å². The molecule has 1 amide bonds. The predicted octanol–water partition coefficient (Wildman–Crippen LogP) is 6.09. The molecule has 0 atom stereocenters. The zero-order valence-electron chi connectivity index (χ0n) is 19.4. The van der Waals surface area contributed by atoms with Crippen molar-refractivity contribution in [3.63, 3.8) is 0 Å². The number of ether oxygens (including phenoxy) is 1. The number of nitrogens with zero attached hydrogens (tertiary/aromatic N) is 1. The molecular weight excluding hydrogens is 388 g/mol. The van der Waals surface area contributed by atoms with Crippen LogP contribution in [0, 0.1) is 5.92 Å². The summed E-state index contributed by atoms with van der Waals surface area (Å²) in [5.41, 5.74) is 1.97. The Morgan fingerprint density at radius 3 is 2.52 bits per heavy atom. The van der Waals surface area contributed by atoms with Crippen LogP contribution in [0.5, 0.6) is 0 Å². The van der Waals surface area contributed by atoms with Gasteiger partial charge in [0.05, 0.1) is 6.26 Å². The van der Waals surface area contributed by atoms with Crippen molar-refractivity contribution in [2.24, 2.45) is 5.92 Å². The molecule has 2 aliphatic rings. The summed E-state index contributed by atoms with van der Waals surface area (Å²) in [6, 6.07) is 8.67. The largest absolute Gasteiger partial charge is 0.464 e. The van der Waals surface area contributed by atoms with E-state index in [4.69, 9.17) is 9.15 Å². The van der Waals surface area contributed by atoms with Crippen LogP contribution in [-0.4, -0.2) is 42.3 Å². The summed E-state index contributed by atoms with van der Waals surface area (Å²) in [4.78, 5) is 14.6. The lowest BCUT2D eigenvalue weighted by molar-refractivity contribution is 0.0485. The molecule has 5 nitrogen and oxygen atoms in total. The Balaban J connectivity index is 1.15. The molecule has 2 fully saturated rings. The summed E-state index contributed by atoms with van der Waals surface area (Å²) >= 11 is 0. The Bertz CT molecular complexity index is 853. The van der Waals surface area contributed by atoms with Crippen molar-refractivity contribution in [3.05, 3.63) is 36.1 Å². The molecule has 31 heavy (non-hydrogen) atoms. The number of benzene rings is 1. The Morgan fingerprint density at radius 1 is 1.10 bits per heavy atom. The molecule has 0 spiro atoms. The zero-order valence-corrected chi connectivity index (χ0v) is 19.4. The van der Waals surface area contributed by atoms with Crippen LogP contribution in [-0.2, 0) is 4.74 Å². The Labute approximate surface area is 186 Å². The number of alkyl carbamates (subject to hydrolysis) is 1. The normalized spacial score (nSPS) is 23.7. The van der Waals surface area contributed by atoms with Crippen molar-refractivity contribution >= 4 is 17.1 Å². The quantitative estimate of drug-likeness (QED) is 0.629. The maximum Gasteiger partial charge on any atom is 0.407 e. The standard InChI is InChI=1S/C26H38N2O3/c1-26(2,3)31-25(29)27-21-10-8-19(9-11-21)12-15-28-16-13-20(14-17-28)23-18-30-24-7-5-4-6-22(23)24/h4-7,18-21H,8-17H2,1-3H3,(H,27,29)/t19-,21-. The van der Waals surface area contributed by atoms with Crippen LogP contribution >= 0.6 is 0 Å². The van der Waals surface area contributed by atoms with Gasteiger partial charge >= 0.3 is 6.09 Å². The number of piperidine rings is 1. The molecule has 1 saturated heterocycles. The summed E-state index contributed by atoms with van der Waals surface area (Å²) < 4.78 is 11.2. The lowest BCUT2D eigenvalue weighted by Gasteiger charge is -2.34. The third kappa shape index (κ3) is 6.03. The molecule has 4 rings (SSSR count). The number of carbonyl (C=O) groups is 1. The molecule has 2 heterocycles. The molecule has 0 unspecified atom stereocenters. The van der Waals surface area contributed by atoms with E-state index in [2.05, 4.69) is 28.4 Å². The molecule has 2 aromatic rings. The lowest BCUT2D eigenvalue weighted by Crippen LogP contribution is -2.41. The van der Waals surface area contributed by atoms with Gasteiger partial charge in [0.2, 0.25) is 0 Å². The van der Waals surface area contributed by atoms with E-state index in [0.717, 1.165) is 24.3 Å². The number of likely N-dealkylation sites (tertiary alicyclic amines) is 1. The minimum Gasteiger partial charge on any atom is -0.464 e. The topological polar surface area (TPSA) is 54.7 Å². The van der Waals surface area contributed by atoms with Crippen molar-refractivity contribution in [1.82, 2.24) is 10.2 Å². The second kappa shape index (κ2) is 9.64. The summed E-state index contributed by atoms with van der Waals surface area (Å²) in [5.74, 6) is 1.40. The monoisotopic (exact) mass is 426 g/mol. The average Bonchev–Trinajstić information content (AvgIpc) is 3.16. The zero-order chi connectivity index (χ0) is 21.8. The van der Waals surface area contributed by atoms with Crippen LogP contribution in [0.2, 0.25) is 0 Å². The number of furan rings is 1. The van der Waals surface area contributed by atoms with Crippen molar-refractivity contribution in [3.8, 4) is 0 Å². The first-order valence-corrected chi connectivity index (χ1v) is 12.1. The lowest BCUT2D eigenvalue weighted by atomic mass is 9.83. The highest BCUT2D eigenvalue weighted by Gasteiger charge is 2.27. The van der Waals surface area contributed by atoms with Gasteiger partial charge in [0, 0.05) is 17.0 Å². The van der Waals surface area contributed by atoms with Gasteiger partial charge in [0.15, 0.2) is 0 Å². The minimum absolute atomic E-state index is 0.270. The van der Waals surface area contributed by atoms with Gasteiger partial charge in [-0.05, 0) is 103 Å². The fraction of sp³-hybridized carbons (Fsp3) is 0.654. The smallest absolute Gasteiger partial charge is 0.407 e. The van der Waals surface area contributed by atoms with Gasteiger partial charge in [-0.25, -0.2) is 4.79 Å². The molecular formula is C26H38N2O3. The number of amides is 1. The van der Waals surface area contributed by atoms with E-state index in [9.17, 15) is 4.79 Å². The maximum atomic E-state index is 12.0. The number of hydrogen-bond donors (Lipinski definition) is 1. The maximum absolute atomic E-state index is 12.0. The second-order valence-electron chi connectivity index (χ2n) is 10.5. The SMILES string of the molecule is CC(C)(C)OC(=O)N[C@H]1CC[C@H](CCN2CCC(c3coc4ccccc34)CC2)CC1. The third-order valence-corrected chi connectivity index (χ3v) is 6.96. The van der Waals surface area contributed by atoms with Crippen molar-refractivity contribution in [2.45, 2.75) is 83.3 Å². The number of rotatable bonds is 5. The molecule has 1 aliphatic carbocycles. The summed E-state index contributed by atoms with van der Waals surface area (Å²) in [5, 5.41) is 4.34. The van der Waals surface area contributed by atoms with Crippen LogP contribution < -0.4 is 5.32 Å². The van der Waals surface area contributed by atoms with Gasteiger partial charge in [-0.1, -0.05) is 18.2 Å². The van der Waals surface area contributed by atoms with Crippen molar-refractivity contribution < 1.29 is 13.9 Å². The van der Waals surface area contributed by atoms with E-state index >= 15 is 0 Å². The van der Waals surface area contributed by atoms with Gasteiger partial charge in [-0.2, -0.15) is 0 Å². The Hall–Kier alpha value is -2.01. The average molecular weight is 427 g/mol. The first-order valence-electron chi connectivity index (χ1n) is 12.1. The minimum atomic E-state index is -0.431. The van der Waals surface area contributed by atoms with Gasteiger partial charge < -0.3 is 19.4 Å². The Kier molecular flexibility index (Phi) is 6.90. The molecule has 170 valence electrons. The van der Waals surface area contributed by atoms with Crippen LogP contribution in [0.4, 0.5) is 4.79 Å². The fourth-order valence-corrected chi connectivity index (χ4v) is 5.22. The van der Waals surface area contributed by atoms with E-state index in [1.54, 1.807) is 0 Å². The second-order valence-corrected chi connectivity index (χ2v) is 10.5. The highest BCUT2D eigenvalue weighted by molar-refractivity contribution is 5.81. The number of carbonyl (C=O) groups excluding carboxylic acids is 1. The molecule has 1 N–H and O–H groups in total. The third-order valence-electron chi connectivity index (χ3n) is 6.96. The van der Waals surface area contributed by atoms with Gasteiger partial charge in [-0.15, -0.1) is 0 Å². The van der Waals surface area contributed by atoms with E-state index in [0.29, 0.717) is 5.92 Å². The first kappa shape index (κ1) is 22.2. The molecule has 0 bridgehead atoms. The molecule has 1 saturated carbocycles. The fourth-order valence-electron chi connectivity index (χ4n) is 5.22. The molecule has 0 radical (unpaired) electrons.